The number of hydrogen-bond acceptors (Lipinski definition) is 4. The molecular formula is C31H57NO5S. The van der Waals surface area contributed by atoms with Crippen LogP contribution in [0, 0.1) is 0 Å². The second kappa shape index (κ2) is 25.8. The van der Waals surface area contributed by atoms with Gasteiger partial charge in [-0.1, -0.05) is 108 Å². The van der Waals surface area contributed by atoms with Crippen molar-refractivity contribution < 1.29 is 22.9 Å². The van der Waals surface area contributed by atoms with Gasteiger partial charge in [0.2, 0.25) is 5.91 Å². The number of nitrogens with one attached hydrogen (secondary N) is 1. The first-order valence-electron chi connectivity index (χ1n) is 15.2. The summed E-state index contributed by atoms with van der Waals surface area (Å²) in [6.07, 6.45) is 31.3. The topological polar surface area (TPSA) is 104 Å². The molecule has 7 heteroatoms. The summed E-state index contributed by atoms with van der Waals surface area (Å²) in [4.78, 5) is 12.3. The van der Waals surface area contributed by atoms with Crippen LogP contribution in [-0.2, 0) is 14.9 Å². The SMILES string of the molecule is CCCCCC/C=C\CCCCCCCC(=O)NC(CS(=O)(=O)O)C(O)/C=C/CC/C=C/CCCCCC. The molecule has 0 aromatic carbocycles. The lowest BCUT2D eigenvalue weighted by Crippen LogP contribution is -2.46. The van der Waals surface area contributed by atoms with Gasteiger partial charge in [0.1, 0.15) is 0 Å². The number of allylic oxidation sites excluding steroid dienone is 5. The molecule has 0 aromatic rings. The number of amides is 1. The lowest BCUT2D eigenvalue weighted by molar-refractivity contribution is -0.122. The third-order valence-corrected chi connectivity index (χ3v) is 7.32. The van der Waals surface area contributed by atoms with Crippen molar-refractivity contribution in [2.75, 3.05) is 5.75 Å². The maximum absolute atomic E-state index is 12.3. The predicted molar refractivity (Wildman–Crippen MR) is 161 cm³/mol. The van der Waals surface area contributed by atoms with E-state index in [9.17, 15) is 22.9 Å². The summed E-state index contributed by atoms with van der Waals surface area (Å²) in [5.41, 5.74) is 0. The molecule has 2 unspecified atom stereocenters. The van der Waals surface area contributed by atoms with Crippen LogP contribution in [0.2, 0.25) is 0 Å². The van der Waals surface area contributed by atoms with Crippen LogP contribution in [0.25, 0.3) is 0 Å². The molecule has 6 nitrogen and oxygen atoms in total. The number of carbonyl (C=O) groups excluding carboxylic acids is 1. The highest BCUT2D eigenvalue weighted by molar-refractivity contribution is 7.85. The summed E-state index contributed by atoms with van der Waals surface area (Å²) in [6, 6.07) is -1.07. The number of hydrogen-bond donors (Lipinski definition) is 3. The van der Waals surface area contributed by atoms with Crippen molar-refractivity contribution in [3.8, 4) is 0 Å². The zero-order valence-corrected chi connectivity index (χ0v) is 25.1. The van der Waals surface area contributed by atoms with Gasteiger partial charge in [-0.2, -0.15) is 8.42 Å². The fourth-order valence-electron chi connectivity index (χ4n) is 4.22. The van der Waals surface area contributed by atoms with E-state index in [1.807, 2.05) is 0 Å². The Morgan fingerprint density at radius 2 is 1.13 bits per heavy atom. The fraction of sp³-hybridized carbons (Fsp3) is 0.774. The van der Waals surface area contributed by atoms with Crippen molar-refractivity contribution in [1.82, 2.24) is 5.32 Å². The molecule has 2 atom stereocenters. The molecule has 0 saturated carbocycles. The van der Waals surface area contributed by atoms with E-state index in [4.69, 9.17) is 0 Å². The van der Waals surface area contributed by atoms with E-state index in [0.29, 0.717) is 12.8 Å². The van der Waals surface area contributed by atoms with E-state index in [1.54, 1.807) is 6.08 Å². The van der Waals surface area contributed by atoms with Gasteiger partial charge in [-0.15, -0.1) is 0 Å². The third-order valence-electron chi connectivity index (χ3n) is 6.54. The zero-order chi connectivity index (χ0) is 28.3. The van der Waals surface area contributed by atoms with E-state index in [1.165, 1.54) is 63.9 Å². The van der Waals surface area contributed by atoms with E-state index >= 15 is 0 Å². The van der Waals surface area contributed by atoms with Gasteiger partial charge in [0.15, 0.2) is 0 Å². The summed E-state index contributed by atoms with van der Waals surface area (Å²) in [5.74, 6) is -1.02. The number of carbonyl (C=O) groups is 1. The lowest BCUT2D eigenvalue weighted by Gasteiger charge is -2.21. The number of aliphatic hydroxyl groups is 1. The summed E-state index contributed by atoms with van der Waals surface area (Å²) >= 11 is 0. The highest BCUT2D eigenvalue weighted by Gasteiger charge is 2.24. The molecule has 0 aliphatic heterocycles. The van der Waals surface area contributed by atoms with E-state index in [0.717, 1.165) is 44.9 Å². The highest BCUT2D eigenvalue weighted by atomic mass is 32.2. The quantitative estimate of drug-likeness (QED) is 0.0573. The molecule has 1 amide bonds. The maximum atomic E-state index is 12.3. The second-order valence-corrected chi connectivity index (χ2v) is 11.9. The fourth-order valence-corrected chi connectivity index (χ4v) is 4.96. The van der Waals surface area contributed by atoms with Gasteiger partial charge < -0.3 is 10.4 Å². The molecule has 0 aromatic heterocycles. The van der Waals surface area contributed by atoms with Crippen molar-refractivity contribution in [2.45, 2.75) is 148 Å². The average Bonchev–Trinajstić information content (AvgIpc) is 2.86. The molecule has 3 N–H and O–H groups in total. The van der Waals surface area contributed by atoms with Gasteiger partial charge in [0.25, 0.3) is 10.1 Å². The van der Waals surface area contributed by atoms with E-state index in [2.05, 4.69) is 43.5 Å². The minimum atomic E-state index is -4.34. The molecule has 0 aliphatic carbocycles. The average molecular weight is 556 g/mol. The monoisotopic (exact) mass is 555 g/mol. The molecule has 0 bridgehead atoms. The summed E-state index contributed by atoms with van der Waals surface area (Å²) in [6.45, 7) is 4.42. The molecule has 222 valence electrons. The summed E-state index contributed by atoms with van der Waals surface area (Å²) in [7, 11) is -4.34. The van der Waals surface area contributed by atoms with Crippen LogP contribution in [0.3, 0.4) is 0 Å². The van der Waals surface area contributed by atoms with Crippen LogP contribution in [-0.4, -0.2) is 41.9 Å². The molecule has 0 spiro atoms. The Kier molecular flexibility index (Phi) is 24.8. The van der Waals surface area contributed by atoms with Gasteiger partial charge in [-0.25, -0.2) is 0 Å². The van der Waals surface area contributed by atoms with Crippen molar-refractivity contribution in [1.29, 1.82) is 0 Å². The van der Waals surface area contributed by atoms with Crippen molar-refractivity contribution in [3.05, 3.63) is 36.5 Å². The first-order valence-corrected chi connectivity index (χ1v) is 16.8. The van der Waals surface area contributed by atoms with E-state index in [-0.39, 0.29) is 12.3 Å². The summed E-state index contributed by atoms with van der Waals surface area (Å²) in [5, 5.41) is 13.0. The van der Waals surface area contributed by atoms with Crippen molar-refractivity contribution >= 4 is 16.0 Å². The Bertz CT molecular complexity index is 745. The van der Waals surface area contributed by atoms with Crippen LogP contribution < -0.4 is 5.32 Å². The Labute approximate surface area is 234 Å². The van der Waals surface area contributed by atoms with E-state index < -0.39 is 28.0 Å². The van der Waals surface area contributed by atoms with Gasteiger partial charge in [0.05, 0.1) is 17.9 Å². The Hall–Kier alpha value is -1.44. The Balaban J connectivity index is 4.16. The molecule has 0 saturated heterocycles. The summed E-state index contributed by atoms with van der Waals surface area (Å²) < 4.78 is 32.1. The van der Waals surface area contributed by atoms with Gasteiger partial charge in [-0.05, 0) is 57.8 Å². The number of unbranched alkanes of at least 4 members (excludes halogenated alkanes) is 14. The molecule has 0 aliphatic rings. The lowest BCUT2D eigenvalue weighted by atomic mass is 10.1. The second-order valence-electron chi connectivity index (χ2n) is 10.4. The molecule has 38 heavy (non-hydrogen) atoms. The first-order chi connectivity index (χ1) is 18.3. The van der Waals surface area contributed by atoms with Crippen LogP contribution in [0.5, 0.6) is 0 Å². The van der Waals surface area contributed by atoms with Crippen molar-refractivity contribution in [3.63, 3.8) is 0 Å². The van der Waals surface area contributed by atoms with Crippen LogP contribution >= 0.6 is 0 Å². The zero-order valence-electron chi connectivity index (χ0n) is 24.3. The first kappa shape index (κ1) is 36.6. The largest absolute Gasteiger partial charge is 0.387 e. The molecule has 0 fully saturated rings. The molecule has 0 heterocycles. The Morgan fingerprint density at radius 1 is 0.684 bits per heavy atom. The highest BCUT2D eigenvalue weighted by Crippen LogP contribution is 2.10. The van der Waals surface area contributed by atoms with Crippen LogP contribution in [0.1, 0.15) is 136 Å². The maximum Gasteiger partial charge on any atom is 0.267 e. The number of rotatable bonds is 26. The number of aliphatic hydroxyl groups excluding tert-OH is 1. The standard InChI is InChI=1S/C31H57NO5S/c1-3-5-7-9-11-13-15-16-17-19-21-23-25-27-31(34)32-29(28-38(35,36)37)30(33)26-24-22-20-18-14-12-10-8-6-4-2/h13-15,18,24,26,29-30,33H,3-12,16-17,19-23,25,27-28H2,1-2H3,(H,32,34)(H,35,36,37)/b15-13-,18-14+,26-24+. The predicted octanol–water partition coefficient (Wildman–Crippen LogP) is 7.84. The minimum absolute atomic E-state index is 0.277. The van der Waals surface area contributed by atoms with Crippen LogP contribution in [0.15, 0.2) is 36.5 Å². The smallest absolute Gasteiger partial charge is 0.267 e. The minimum Gasteiger partial charge on any atom is -0.387 e. The third kappa shape index (κ3) is 26.2. The van der Waals surface area contributed by atoms with Crippen LogP contribution in [0.4, 0.5) is 0 Å². The Morgan fingerprint density at radius 3 is 1.66 bits per heavy atom. The normalized spacial score (nSPS) is 14.1. The molecule has 0 radical (unpaired) electrons. The molecular weight excluding hydrogens is 498 g/mol. The molecule has 0 rings (SSSR count). The van der Waals surface area contributed by atoms with Gasteiger partial charge >= 0.3 is 0 Å². The van der Waals surface area contributed by atoms with Gasteiger partial charge in [0, 0.05) is 6.42 Å². The van der Waals surface area contributed by atoms with Gasteiger partial charge in [-0.3, -0.25) is 9.35 Å². The van der Waals surface area contributed by atoms with Crippen molar-refractivity contribution in [2.24, 2.45) is 0 Å².